The Morgan fingerprint density at radius 1 is 1.00 bits per heavy atom. The number of β-lactam (4-membered cyclic amide) rings is 1. The van der Waals surface area contributed by atoms with Gasteiger partial charge in [-0.2, -0.15) is 0 Å². The quantitative estimate of drug-likeness (QED) is 0.612. The van der Waals surface area contributed by atoms with E-state index in [2.05, 4.69) is 0 Å². The monoisotopic (exact) mass is 351 g/mol. The largest absolute Gasteiger partial charge is 0.456 e. The molecule has 0 aromatic heterocycles. The van der Waals surface area contributed by atoms with E-state index in [-0.39, 0.29) is 23.8 Å². The number of esters is 1. The Hall–Kier alpha value is -2.53. The number of benzene rings is 2. The van der Waals surface area contributed by atoms with E-state index in [4.69, 9.17) is 4.74 Å². The molecule has 2 aromatic rings. The van der Waals surface area contributed by atoms with Crippen molar-refractivity contribution in [2.24, 2.45) is 5.92 Å². The molecule has 2 heterocycles. The van der Waals surface area contributed by atoms with Crippen LogP contribution in [0.25, 0.3) is 0 Å². The molecule has 0 radical (unpaired) electrons. The normalized spacial score (nSPS) is 21.4. The molecule has 1 amide bonds. The molecule has 0 spiro atoms. The standard InChI is InChI=1S/C20H17NO3S/c22-18-16(11-14-7-3-1-4-8-14)19-21(18)17(13-25-19)20(23)24-12-15-9-5-2-6-10-15/h1-10,13,16,19H,11-12H2/t16-,19+/m0/s1. The highest BCUT2D eigenvalue weighted by molar-refractivity contribution is 8.03. The van der Waals surface area contributed by atoms with E-state index < -0.39 is 5.97 Å². The van der Waals surface area contributed by atoms with Crippen molar-refractivity contribution in [3.8, 4) is 0 Å². The molecule has 25 heavy (non-hydrogen) atoms. The second-order valence-corrected chi connectivity index (χ2v) is 7.09. The van der Waals surface area contributed by atoms with Gasteiger partial charge in [-0.05, 0) is 17.5 Å². The molecule has 2 aliphatic heterocycles. The van der Waals surface area contributed by atoms with Crippen molar-refractivity contribution in [2.45, 2.75) is 18.4 Å². The van der Waals surface area contributed by atoms with Crippen LogP contribution in [0.5, 0.6) is 0 Å². The van der Waals surface area contributed by atoms with Crippen molar-refractivity contribution in [3.63, 3.8) is 0 Å². The maximum Gasteiger partial charge on any atom is 0.355 e. The van der Waals surface area contributed by atoms with Crippen LogP contribution in [0.3, 0.4) is 0 Å². The van der Waals surface area contributed by atoms with Gasteiger partial charge in [0, 0.05) is 5.41 Å². The number of amides is 1. The molecule has 0 saturated carbocycles. The molecular formula is C20H17NO3S. The van der Waals surface area contributed by atoms with Crippen LogP contribution in [0.1, 0.15) is 11.1 Å². The molecule has 0 bridgehead atoms. The Morgan fingerprint density at radius 2 is 1.64 bits per heavy atom. The highest BCUT2D eigenvalue weighted by atomic mass is 32.2. The molecule has 5 heteroatoms. The zero-order chi connectivity index (χ0) is 17.2. The van der Waals surface area contributed by atoms with Gasteiger partial charge in [0.2, 0.25) is 5.91 Å². The maximum absolute atomic E-state index is 12.5. The van der Waals surface area contributed by atoms with Crippen molar-refractivity contribution < 1.29 is 14.3 Å². The highest BCUT2D eigenvalue weighted by Gasteiger charge is 2.53. The third kappa shape index (κ3) is 3.07. The van der Waals surface area contributed by atoms with Gasteiger partial charge in [0.1, 0.15) is 12.3 Å². The van der Waals surface area contributed by atoms with Crippen LogP contribution < -0.4 is 0 Å². The highest BCUT2D eigenvalue weighted by Crippen LogP contribution is 2.46. The smallest absolute Gasteiger partial charge is 0.355 e. The summed E-state index contributed by atoms with van der Waals surface area (Å²) >= 11 is 1.52. The summed E-state index contributed by atoms with van der Waals surface area (Å²) in [5.74, 6) is -0.518. The van der Waals surface area contributed by atoms with Crippen molar-refractivity contribution in [3.05, 3.63) is 82.9 Å². The van der Waals surface area contributed by atoms with Gasteiger partial charge in [0.05, 0.1) is 11.3 Å². The predicted octanol–water partition coefficient (Wildman–Crippen LogP) is 3.35. The molecular weight excluding hydrogens is 334 g/mol. The first-order chi connectivity index (χ1) is 12.2. The molecule has 0 N–H and O–H groups in total. The van der Waals surface area contributed by atoms with Crippen molar-refractivity contribution in [2.75, 3.05) is 0 Å². The molecule has 1 saturated heterocycles. The number of carbonyl (C=O) groups excluding carboxylic acids is 2. The number of thioether (sulfide) groups is 1. The first kappa shape index (κ1) is 16.0. The zero-order valence-electron chi connectivity index (χ0n) is 13.5. The van der Waals surface area contributed by atoms with Crippen LogP contribution in [0.4, 0.5) is 0 Å². The van der Waals surface area contributed by atoms with E-state index in [1.54, 1.807) is 10.3 Å². The van der Waals surface area contributed by atoms with E-state index >= 15 is 0 Å². The Bertz CT molecular complexity index is 819. The lowest BCUT2D eigenvalue weighted by Crippen LogP contribution is -2.58. The molecule has 0 aliphatic carbocycles. The fourth-order valence-corrected chi connectivity index (χ4v) is 4.35. The summed E-state index contributed by atoms with van der Waals surface area (Å²) in [7, 11) is 0. The fourth-order valence-electron chi connectivity index (χ4n) is 3.13. The van der Waals surface area contributed by atoms with Crippen LogP contribution >= 0.6 is 11.8 Å². The van der Waals surface area contributed by atoms with Crippen LogP contribution in [-0.2, 0) is 27.4 Å². The van der Waals surface area contributed by atoms with Gasteiger partial charge in [-0.15, -0.1) is 11.8 Å². The summed E-state index contributed by atoms with van der Waals surface area (Å²) in [5.41, 5.74) is 2.43. The first-order valence-electron chi connectivity index (χ1n) is 8.18. The van der Waals surface area contributed by atoms with Gasteiger partial charge < -0.3 is 4.74 Å². The lowest BCUT2D eigenvalue weighted by Gasteiger charge is -2.42. The number of hydrogen-bond donors (Lipinski definition) is 0. The Balaban J connectivity index is 1.37. The van der Waals surface area contributed by atoms with Crippen LogP contribution in [0.2, 0.25) is 0 Å². The van der Waals surface area contributed by atoms with Gasteiger partial charge in [-0.3, -0.25) is 9.69 Å². The molecule has 2 aliphatic rings. The first-order valence-corrected chi connectivity index (χ1v) is 9.12. The molecule has 2 aromatic carbocycles. The minimum atomic E-state index is -0.439. The van der Waals surface area contributed by atoms with Crippen molar-refractivity contribution >= 4 is 23.6 Å². The Kier molecular flexibility index (Phi) is 4.32. The van der Waals surface area contributed by atoms with Gasteiger partial charge in [0.15, 0.2) is 0 Å². The van der Waals surface area contributed by atoms with Crippen molar-refractivity contribution in [1.29, 1.82) is 0 Å². The molecule has 2 atom stereocenters. The molecule has 126 valence electrons. The van der Waals surface area contributed by atoms with Crippen molar-refractivity contribution in [1.82, 2.24) is 4.90 Å². The maximum atomic E-state index is 12.5. The lowest BCUT2D eigenvalue weighted by atomic mass is 9.90. The Labute approximate surface area is 150 Å². The third-order valence-corrected chi connectivity index (χ3v) is 5.63. The minimum absolute atomic E-state index is 0.00163. The topological polar surface area (TPSA) is 46.6 Å². The van der Waals surface area contributed by atoms with Crippen LogP contribution in [0.15, 0.2) is 71.8 Å². The Morgan fingerprint density at radius 3 is 2.32 bits per heavy atom. The summed E-state index contributed by atoms with van der Waals surface area (Å²) in [5, 5.41) is 1.76. The van der Waals surface area contributed by atoms with Gasteiger partial charge in [-0.25, -0.2) is 4.79 Å². The number of ether oxygens (including phenoxy) is 1. The minimum Gasteiger partial charge on any atom is -0.456 e. The zero-order valence-corrected chi connectivity index (χ0v) is 14.3. The summed E-state index contributed by atoms with van der Waals surface area (Å²) in [6.45, 7) is 0.210. The number of carbonyl (C=O) groups is 2. The average Bonchev–Trinajstić information content (AvgIpc) is 3.06. The number of nitrogens with zero attached hydrogens (tertiary/aromatic N) is 1. The second kappa shape index (κ2) is 6.76. The van der Waals surface area contributed by atoms with E-state index in [1.165, 1.54) is 11.8 Å². The van der Waals surface area contributed by atoms with E-state index in [0.717, 1.165) is 11.1 Å². The summed E-state index contributed by atoms with van der Waals surface area (Å²) in [6, 6.07) is 19.5. The van der Waals surface area contributed by atoms with Gasteiger partial charge in [0.25, 0.3) is 0 Å². The van der Waals surface area contributed by atoms with Crippen LogP contribution in [0, 0.1) is 5.92 Å². The number of rotatable bonds is 5. The van der Waals surface area contributed by atoms with E-state index in [1.807, 2.05) is 60.7 Å². The average molecular weight is 351 g/mol. The third-order valence-electron chi connectivity index (χ3n) is 4.45. The summed E-state index contributed by atoms with van der Waals surface area (Å²) in [6.07, 6.45) is 0.702. The lowest BCUT2D eigenvalue weighted by molar-refractivity contribution is -0.154. The van der Waals surface area contributed by atoms with E-state index in [0.29, 0.717) is 12.1 Å². The molecule has 0 unspecified atom stereocenters. The summed E-state index contributed by atoms with van der Waals surface area (Å²) < 4.78 is 5.35. The van der Waals surface area contributed by atoms with E-state index in [9.17, 15) is 9.59 Å². The molecule has 4 nitrogen and oxygen atoms in total. The molecule has 1 fully saturated rings. The fraction of sp³-hybridized carbons (Fsp3) is 0.200. The SMILES string of the molecule is O=C(OCc1ccccc1)C1=CS[C@@H]2[C@@H](Cc3ccccc3)C(=O)N12. The number of hydrogen-bond acceptors (Lipinski definition) is 4. The van der Waals surface area contributed by atoms with Crippen LogP contribution in [-0.4, -0.2) is 22.2 Å². The van der Waals surface area contributed by atoms with Gasteiger partial charge in [-0.1, -0.05) is 60.7 Å². The summed E-state index contributed by atoms with van der Waals surface area (Å²) in [4.78, 5) is 26.4. The van der Waals surface area contributed by atoms with Gasteiger partial charge >= 0.3 is 5.97 Å². The predicted molar refractivity (Wildman–Crippen MR) is 96.2 cm³/mol. The number of fused-ring (bicyclic) bond motifs is 1. The molecule has 4 rings (SSSR count). The second-order valence-electron chi connectivity index (χ2n) is 6.10.